The lowest BCUT2D eigenvalue weighted by Gasteiger charge is -2.36. The number of carbonyl (C=O) groups is 2. The Kier molecular flexibility index (Phi) is 4.16. The average molecular weight is 266 g/mol. The van der Waals surface area contributed by atoms with Gasteiger partial charge in [0.15, 0.2) is 0 Å². The van der Waals surface area contributed by atoms with Gasteiger partial charge in [-0.25, -0.2) is 0 Å². The van der Waals surface area contributed by atoms with E-state index in [1.54, 1.807) is 0 Å². The monoisotopic (exact) mass is 266 g/mol. The molecule has 0 aliphatic carbocycles. The highest BCUT2D eigenvalue weighted by Crippen LogP contribution is 2.25. The van der Waals surface area contributed by atoms with Crippen molar-refractivity contribution in [2.75, 3.05) is 26.2 Å². The molecular weight excluding hydrogens is 240 g/mol. The molecule has 0 atom stereocenters. The van der Waals surface area contributed by atoms with E-state index >= 15 is 0 Å². The van der Waals surface area contributed by atoms with Gasteiger partial charge in [-0.1, -0.05) is 20.8 Å². The molecule has 2 fully saturated rings. The molecule has 2 heterocycles. The summed E-state index contributed by atoms with van der Waals surface area (Å²) >= 11 is 0. The van der Waals surface area contributed by atoms with E-state index in [2.05, 4.69) is 0 Å². The second-order valence-corrected chi connectivity index (χ2v) is 6.85. The number of carbonyl (C=O) groups excluding carboxylic acids is 2. The van der Waals surface area contributed by atoms with Crippen LogP contribution >= 0.6 is 0 Å². The first-order chi connectivity index (χ1) is 8.89. The van der Waals surface area contributed by atoms with Crippen LogP contribution in [-0.2, 0) is 9.59 Å². The maximum Gasteiger partial charge on any atom is 0.227 e. The lowest BCUT2D eigenvalue weighted by atomic mass is 9.90. The molecule has 0 radical (unpaired) electrons. The third-order valence-corrected chi connectivity index (χ3v) is 4.19. The Labute approximate surface area is 116 Å². The molecule has 108 valence electrons. The van der Waals surface area contributed by atoms with Gasteiger partial charge in [-0.05, 0) is 25.7 Å². The van der Waals surface area contributed by atoms with Crippen LogP contribution in [0.3, 0.4) is 0 Å². The quantitative estimate of drug-likeness (QED) is 0.727. The first-order valence-electron chi connectivity index (χ1n) is 7.48. The van der Waals surface area contributed by atoms with Gasteiger partial charge in [0.05, 0.1) is 0 Å². The summed E-state index contributed by atoms with van der Waals surface area (Å²) in [6, 6.07) is 0. The molecule has 0 spiro atoms. The molecule has 2 saturated heterocycles. The zero-order valence-electron chi connectivity index (χ0n) is 12.4. The molecule has 0 aromatic heterocycles. The van der Waals surface area contributed by atoms with Crippen molar-refractivity contribution < 1.29 is 9.59 Å². The maximum atomic E-state index is 12.3. The molecule has 0 N–H and O–H groups in total. The first kappa shape index (κ1) is 14.4. The summed E-state index contributed by atoms with van der Waals surface area (Å²) in [6.45, 7) is 9.20. The second-order valence-electron chi connectivity index (χ2n) is 6.85. The number of nitrogens with zero attached hydrogens (tertiary/aromatic N) is 2. The number of likely N-dealkylation sites (tertiary alicyclic amines) is 2. The van der Waals surface area contributed by atoms with Gasteiger partial charge in [-0.3, -0.25) is 9.59 Å². The summed E-state index contributed by atoms with van der Waals surface area (Å²) in [5.74, 6) is 0.669. The standard InChI is InChI=1S/C15H26N2O2/c1-15(2,3)14(19)17-10-6-12(7-11-17)13(18)16-8-4-5-9-16/h12H,4-11H2,1-3H3. The normalized spacial score (nSPS) is 21.8. The minimum atomic E-state index is -0.314. The third kappa shape index (κ3) is 3.28. The van der Waals surface area contributed by atoms with E-state index in [4.69, 9.17) is 0 Å². The summed E-state index contributed by atoms with van der Waals surface area (Å²) in [7, 11) is 0. The van der Waals surface area contributed by atoms with Gasteiger partial charge < -0.3 is 9.80 Å². The Bertz CT molecular complexity index is 346. The summed E-state index contributed by atoms with van der Waals surface area (Å²) in [6.07, 6.45) is 3.95. The summed E-state index contributed by atoms with van der Waals surface area (Å²) in [5, 5.41) is 0. The SMILES string of the molecule is CC(C)(C)C(=O)N1CCC(C(=O)N2CCCC2)CC1. The molecule has 0 bridgehead atoms. The maximum absolute atomic E-state index is 12.3. The molecule has 2 rings (SSSR count). The predicted molar refractivity (Wildman–Crippen MR) is 74.6 cm³/mol. The van der Waals surface area contributed by atoms with E-state index in [-0.39, 0.29) is 17.2 Å². The number of amides is 2. The van der Waals surface area contributed by atoms with Gasteiger partial charge in [0, 0.05) is 37.5 Å². The van der Waals surface area contributed by atoms with E-state index < -0.39 is 0 Å². The van der Waals surface area contributed by atoms with E-state index in [1.807, 2.05) is 30.6 Å². The molecule has 2 aliphatic heterocycles. The Morgan fingerprint density at radius 2 is 1.42 bits per heavy atom. The molecule has 0 aromatic carbocycles. The van der Waals surface area contributed by atoms with Gasteiger partial charge in [0.2, 0.25) is 11.8 Å². The van der Waals surface area contributed by atoms with Crippen molar-refractivity contribution in [3.05, 3.63) is 0 Å². The summed E-state index contributed by atoms with van der Waals surface area (Å²) in [4.78, 5) is 28.4. The highest BCUT2D eigenvalue weighted by atomic mass is 16.2. The van der Waals surface area contributed by atoms with Crippen LogP contribution in [-0.4, -0.2) is 47.8 Å². The highest BCUT2D eigenvalue weighted by molar-refractivity contribution is 5.82. The van der Waals surface area contributed by atoms with E-state index in [0.717, 1.165) is 51.9 Å². The topological polar surface area (TPSA) is 40.6 Å². The molecule has 4 heteroatoms. The third-order valence-electron chi connectivity index (χ3n) is 4.19. The smallest absolute Gasteiger partial charge is 0.227 e. The zero-order valence-corrected chi connectivity index (χ0v) is 12.4. The minimum absolute atomic E-state index is 0.141. The predicted octanol–water partition coefficient (Wildman–Crippen LogP) is 1.89. The van der Waals surface area contributed by atoms with Crippen molar-refractivity contribution >= 4 is 11.8 Å². The molecule has 2 aliphatic rings. The molecule has 19 heavy (non-hydrogen) atoms. The number of hydrogen-bond acceptors (Lipinski definition) is 2. The van der Waals surface area contributed by atoms with Crippen LogP contribution in [0.5, 0.6) is 0 Å². The Balaban J connectivity index is 1.85. The van der Waals surface area contributed by atoms with Crippen LogP contribution in [0.15, 0.2) is 0 Å². The number of hydrogen-bond donors (Lipinski definition) is 0. The zero-order chi connectivity index (χ0) is 14.0. The van der Waals surface area contributed by atoms with Crippen molar-refractivity contribution in [3.8, 4) is 0 Å². The van der Waals surface area contributed by atoms with Gasteiger partial charge in [0.25, 0.3) is 0 Å². The van der Waals surface area contributed by atoms with Crippen molar-refractivity contribution in [3.63, 3.8) is 0 Å². The second kappa shape index (κ2) is 5.51. The van der Waals surface area contributed by atoms with Crippen molar-refractivity contribution in [2.24, 2.45) is 11.3 Å². The largest absolute Gasteiger partial charge is 0.342 e. The fourth-order valence-electron chi connectivity index (χ4n) is 3.00. The molecule has 2 amide bonds. The van der Waals surface area contributed by atoms with Crippen molar-refractivity contribution in [2.45, 2.75) is 46.5 Å². The van der Waals surface area contributed by atoms with Gasteiger partial charge in [0.1, 0.15) is 0 Å². The van der Waals surface area contributed by atoms with Gasteiger partial charge >= 0.3 is 0 Å². The number of piperidine rings is 1. The lowest BCUT2D eigenvalue weighted by molar-refractivity contribution is -0.144. The van der Waals surface area contributed by atoms with E-state index in [1.165, 1.54) is 0 Å². The van der Waals surface area contributed by atoms with Crippen LogP contribution in [0.25, 0.3) is 0 Å². The fourth-order valence-corrected chi connectivity index (χ4v) is 3.00. The van der Waals surface area contributed by atoms with Crippen LogP contribution in [0, 0.1) is 11.3 Å². The van der Waals surface area contributed by atoms with E-state index in [9.17, 15) is 9.59 Å². The van der Waals surface area contributed by atoms with Crippen molar-refractivity contribution in [1.29, 1.82) is 0 Å². The summed E-state index contributed by atoms with van der Waals surface area (Å²) in [5.41, 5.74) is -0.314. The Morgan fingerprint density at radius 3 is 1.89 bits per heavy atom. The number of rotatable bonds is 1. The molecule has 0 unspecified atom stereocenters. The average Bonchev–Trinajstić information content (AvgIpc) is 2.90. The van der Waals surface area contributed by atoms with Crippen molar-refractivity contribution in [1.82, 2.24) is 9.80 Å². The van der Waals surface area contributed by atoms with Crippen LogP contribution in [0.1, 0.15) is 46.5 Å². The Hall–Kier alpha value is -1.06. The van der Waals surface area contributed by atoms with Crippen LogP contribution in [0.4, 0.5) is 0 Å². The van der Waals surface area contributed by atoms with E-state index in [0.29, 0.717) is 5.91 Å². The molecule has 4 nitrogen and oxygen atoms in total. The minimum Gasteiger partial charge on any atom is -0.342 e. The molecular formula is C15H26N2O2. The van der Waals surface area contributed by atoms with Gasteiger partial charge in [-0.2, -0.15) is 0 Å². The summed E-state index contributed by atoms with van der Waals surface area (Å²) < 4.78 is 0. The first-order valence-corrected chi connectivity index (χ1v) is 7.48. The molecule has 0 aromatic rings. The highest BCUT2D eigenvalue weighted by Gasteiger charge is 2.34. The fraction of sp³-hybridized carbons (Fsp3) is 0.867. The van der Waals surface area contributed by atoms with Crippen LogP contribution in [0.2, 0.25) is 0 Å². The lowest BCUT2D eigenvalue weighted by Crippen LogP contribution is -2.47. The van der Waals surface area contributed by atoms with Crippen LogP contribution < -0.4 is 0 Å². The Morgan fingerprint density at radius 1 is 0.895 bits per heavy atom. The molecule has 0 saturated carbocycles. The van der Waals surface area contributed by atoms with Gasteiger partial charge in [-0.15, -0.1) is 0 Å².